The fourth-order valence-corrected chi connectivity index (χ4v) is 2.84. The molecule has 112 valence electrons. The van der Waals surface area contributed by atoms with Gasteiger partial charge in [-0.15, -0.1) is 0 Å². The zero-order chi connectivity index (χ0) is 15.0. The molecule has 1 saturated heterocycles. The second-order valence-corrected chi connectivity index (χ2v) is 6.55. The van der Waals surface area contributed by atoms with Gasteiger partial charge < -0.3 is 14.6 Å². The second kappa shape index (κ2) is 5.06. The molecule has 5 nitrogen and oxygen atoms in total. The number of likely N-dealkylation sites (tertiary alicyclic amines) is 1. The number of carbonyl (C=O) groups is 1. The van der Waals surface area contributed by atoms with Crippen LogP contribution in [0, 0.1) is 0 Å². The number of hydrogen-bond donors (Lipinski definition) is 1. The van der Waals surface area contributed by atoms with Crippen molar-refractivity contribution >= 4 is 17.1 Å². The van der Waals surface area contributed by atoms with Crippen molar-refractivity contribution in [2.24, 2.45) is 0 Å². The first-order chi connectivity index (χ1) is 9.94. The van der Waals surface area contributed by atoms with Crippen LogP contribution in [0.4, 0.5) is 4.79 Å². The molecule has 1 aliphatic heterocycles. The van der Waals surface area contributed by atoms with E-state index in [2.05, 4.69) is 16.0 Å². The number of ether oxygens (including phenoxy) is 1. The third-order valence-corrected chi connectivity index (χ3v) is 3.77. The van der Waals surface area contributed by atoms with Crippen LogP contribution in [0.25, 0.3) is 11.0 Å². The number of carbonyl (C=O) groups excluding carboxylic acids is 1. The Hall–Kier alpha value is -2.04. The van der Waals surface area contributed by atoms with Crippen LogP contribution in [0.3, 0.4) is 0 Å². The molecule has 0 bridgehead atoms. The lowest BCUT2D eigenvalue weighted by Crippen LogP contribution is -2.35. The highest BCUT2D eigenvalue weighted by atomic mass is 16.6. The van der Waals surface area contributed by atoms with E-state index in [4.69, 9.17) is 4.74 Å². The van der Waals surface area contributed by atoms with Gasteiger partial charge in [0, 0.05) is 36.8 Å². The quantitative estimate of drug-likeness (QED) is 0.875. The molecular weight excluding hydrogens is 266 g/mol. The second-order valence-electron chi connectivity index (χ2n) is 6.55. The number of rotatable bonds is 1. The van der Waals surface area contributed by atoms with Gasteiger partial charge in [-0.25, -0.2) is 9.78 Å². The maximum atomic E-state index is 12.1. The van der Waals surface area contributed by atoms with Crippen LogP contribution < -0.4 is 0 Å². The molecule has 1 aliphatic rings. The molecule has 21 heavy (non-hydrogen) atoms. The van der Waals surface area contributed by atoms with Crippen LogP contribution >= 0.6 is 0 Å². The minimum atomic E-state index is -0.445. The van der Waals surface area contributed by atoms with E-state index in [1.165, 1.54) is 5.56 Å². The highest BCUT2D eigenvalue weighted by Gasteiger charge is 2.31. The zero-order valence-electron chi connectivity index (χ0n) is 12.7. The topological polar surface area (TPSA) is 58.2 Å². The molecule has 3 rings (SSSR count). The van der Waals surface area contributed by atoms with Gasteiger partial charge in [-0.3, -0.25) is 0 Å². The number of pyridine rings is 1. The summed E-state index contributed by atoms with van der Waals surface area (Å²) in [5, 5.41) is 1.15. The summed E-state index contributed by atoms with van der Waals surface area (Å²) >= 11 is 0. The van der Waals surface area contributed by atoms with Crippen LogP contribution in [0.2, 0.25) is 0 Å². The van der Waals surface area contributed by atoms with Crippen LogP contribution in [0.1, 0.15) is 38.7 Å². The number of amides is 1. The third kappa shape index (κ3) is 2.86. The molecule has 0 saturated carbocycles. The number of nitrogens with one attached hydrogen (secondary N) is 1. The van der Waals surface area contributed by atoms with Gasteiger partial charge in [0.05, 0.1) is 0 Å². The van der Waals surface area contributed by atoms with Crippen molar-refractivity contribution in [3.63, 3.8) is 0 Å². The van der Waals surface area contributed by atoms with E-state index in [0.717, 1.165) is 24.0 Å². The largest absolute Gasteiger partial charge is 0.444 e. The molecule has 2 aromatic rings. The molecule has 1 N–H and O–H groups in total. The molecule has 0 spiro atoms. The predicted molar refractivity (Wildman–Crippen MR) is 81.3 cm³/mol. The predicted octanol–water partition coefficient (Wildman–Crippen LogP) is 3.29. The molecule has 1 amide bonds. The van der Waals surface area contributed by atoms with Gasteiger partial charge in [-0.1, -0.05) is 0 Å². The Morgan fingerprint density at radius 1 is 1.43 bits per heavy atom. The Labute approximate surface area is 124 Å². The standard InChI is InChI=1S/C16H21N3O2/c1-16(2,3)21-15(20)19-9-6-11(10-19)12-4-7-17-14-13(12)5-8-18-14/h4-5,7-8,11H,6,9-10H2,1-3H3,(H,17,18). The summed E-state index contributed by atoms with van der Waals surface area (Å²) in [5.41, 5.74) is 1.72. The lowest BCUT2D eigenvalue weighted by molar-refractivity contribution is 0.0292. The summed E-state index contributed by atoms with van der Waals surface area (Å²) in [6.07, 6.45) is 4.47. The van der Waals surface area contributed by atoms with E-state index in [1.54, 1.807) is 4.90 Å². The Bertz CT molecular complexity index is 657. The Kier molecular flexibility index (Phi) is 3.35. The minimum absolute atomic E-state index is 0.218. The molecule has 1 unspecified atom stereocenters. The molecule has 1 atom stereocenters. The van der Waals surface area contributed by atoms with Gasteiger partial charge in [0.25, 0.3) is 0 Å². The van der Waals surface area contributed by atoms with Crippen molar-refractivity contribution in [1.29, 1.82) is 0 Å². The van der Waals surface area contributed by atoms with E-state index >= 15 is 0 Å². The number of fused-ring (bicyclic) bond motifs is 1. The SMILES string of the molecule is CC(C)(C)OC(=O)N1CCC(c2ccnc3[nH]ccc23)C1. The zero-order valence-corrected chi connectivity index (χ0v) is 12.7. The lowest BCUT2D eigenvalue weighted by Gasteiger charge is -2.24. The van der Waals surface area contributed by atoms with Gasteiger partial charge in [0.1, 0.15) is 11.2 Å². The Balaban J connectivity index is 1.75. The Morgan fingerprint density at radius 3 is 3.00 bits per heavy atom. The maximum absolute atomic E-state index is 12.1. The summed E-state index contributed by atoms with van der Waals surface area (Å²) in [6, 6.07) is 4.10. The van der Waals surface area contributed by atoms with E-state index in [-0.39, 0.29) is 6.09 Å². The summed E-state index contributed by atoms with van der Waals surface area (Å²) in [4.78, 5) is 21.4. The van der Waals surface area contributed by atoms with Crippen molar-refractivity contribution in [2.45, 2.75) is 38.7 Å². The lowest BCUT2D eigenvalue weighted by atomic mass is 9.97. The molecule has 2 aromatic heterocycles. The monoisotopic (exact) mass is 287 g/mol. The van der Waals surface area contributed by atoms with Crippen molar-refractivity contribution in [1.82, 2.24) is 14.9 Å². The molecular formula is C16H21N3O2. The van der Waals surface area contributed by atoms with Crippen LogP contribution in [-0.4, -0.2) is 39.7 Å². The van der Waals surface area contributed by atoms with Crippen molar-refractivity contribution < 1.29 is 9.53 Å². The first-order valence-corrected chi connectivity index (χ1v) is 7.34. The van der Waals surface area contributed by atoms with E-state index in [1.807, 2.05) is 39.2 Å². The smallest absolute Gasteiger partial charge is 0.410 e. The van der Waals surface area contributed by atoms with Crippen molar-refractivity contribution in [3.8, 4) is 0 Å². The number of nitrogens with zero attached hydrogens (tertiary/aromatic N) is 2. The van der Waals surface area contributed by atoms with E-state index < -0.39 is 5.60 Å². The molecule has 5 heteroatoms. The van der Waals surface area contributed by atoms with E-state index in [0.29, 0.717) is 12.5 Å². The highest BCUT2D eigenvalue weighted by Crippen LogP contribution is 2.32. The molecule has 0 aromatic carbocycles. The fourth-order valence-electron chi connectivity index (χ4n) is 2.84. The summed E-state index contributed by atoms with van der Waals surface area (Å²) in [5.74, 6) is 0.346. The maximum Gasteiger partial charge on any atom is 0.410 e. The number of aromatic nitrogens is 2. The minimum Gasteiger partial charge on any atom is -0.444 e. The van der Waals surface area contributed by atoms with Crippen LogP contribution in [0.5, 0.6) is 0 Å². The molecule has 0 aliphatic carbocycles. The van der Waals surface area contributed by atoms with Crippen molar-refractivity contribution in [2.75, 3.05) is 13.1 Å². The molecule has 1 fully saturated rings. The number of aromatic amines is 1. The van der Waals surface area contributed by atoms with Crippen LogP contribution in [0.15, 0.2) is 24.5 Å². The average molecular weight is 287 g/mol. The van der Waals surface area contributed by atoms with Gasteiger partial charge in [0.2, 0.25) is 0 Å². The molecule has 0 radical (unpaired) electrons. The van der Waals surface area contributed by atoms with Gasteiger partial charge in [0.15, 0.2) is 0 Å². The fraction of sp³-hybridized carbons (Fsp3) is 0.500. The summed E-state index contributed by atoms with van der Waals surface area (Å²) in [6.45, 7) is 7.13. The first-order valence-electron chi connectivity index (χ1n) is 7.34. The van der Waals surface area contributed by atoms with Gasteiger partial charge in [-0.05, 0) is 44.9 Å². The molecule has 3 heterocycles. The summed E-state index contributed by atoms with van der Waals surface area (Å²) in [7, 11) is 0. The highest BCUT2D eigenvalue weighted by molar-refractivity contribution is 5.80. The number of H-pyrrole nitrogens is 1. The third-order valence-electron chi connectivity index (χ3n) is 3.77. The summed E-state index contributed by atoms with van der Waals surface area (Å²) < 4.78 is 5.45. The normalized spacial score (nSPS) is 19.2. The average Bonchev–Trinajstić information content (AvgIpc) is 3.05. The van der Waals surface area contributed by atoms with Crippen molar-refractivity contribution in [3.05, 3.63) is 30.1 Å². The van der Waals surface area contributed by atoms with Gasteiger partial charge in [-0.2, -0.15) is 0 Å². The van der Waals surface area contributed by atoms with Gasteiger partial charge >= 0.3 is 6.09 Å². The van der Waals surface area contributed by atoms with E-state index in [9.17, 15) is 4.79 Å². The van der Waals surface area contributed by atoms with Crippen LogP contribution in [-0.2, 0) is 4.74 Å². The first kappa shape index (κ1) is 13.9. The Morgan fingerprint density at radius 2 is 2.24 bits per heavy atom. The number of hydrogen-bond acceptors (Lipinski definition) is 3.